The van der Waals surface area contributed by atoms with E-state index in [1.165, 1.54) is 0 Å². The van der Waals surface area contributed by atoms with Gasteiger partial charge in [-0.2, -0.15) is 0 Å². The van der Waals surface area contributed by atoms with Crippen molar-refractivity contribution in [3.8, 4) is 0 Å². The van der Waals surface area contributed by atoms with E-state index in [2.05, 4.69) is 5.32 Å². The minimum Gasteiger partial charge on any atom is -0.352 e. The highest BCUT2D eigenvalue weighted by Crippen LogP contribution is 2.38. The summed E-state index contributed by atoms with van der Waals surface area (Å²) in [5, 5.41) is 2.94. The van der Waals surface area contributed by atoms with Gasteiger partial charge in [-0.05, 0) is 33.6 Å². The van der Waals surface area contributed by atoms with Crippen molar-refractivity contribution in [3.05, 3.63) is 0 Å². The Morgan fingerprint density at radius 2 is 2.18 bits per heavy atom. The SMILES string of the molecule is CC(C)NC(=O)C1(C)CSCC(=O)N1C1CC1. The highest BCUT2D eigenvalue weighted by atomic mass is 32.2. The average Bonchev–Trinajstić information content (AvgIpc) is 3.00. The molecule has 0 aromatic carbocycles. The molecule has 0 aromatic heterocycles. The zero-order valence-electron chi connectivity index (χ0n) is 10.7. The number of hydrogen-bond donors (Lipinski definition) is 1. The van der Waals surface area contributed by atoms with Crippen molar-refractivity contribution in [2.75, 3.05) is 11.5 Å². The molecule has 0 bridgehead atoms. The molecule has 2 rings (SSSR count). The van der Waals surface area contributed by atoms with Crippen molar-refractivity contribution in [2.45, 2.75) is 51.2 Å². The second-order valence-corrected chi connectivity index (χ2v) is 6.38. The van der Waals surface area contributed by atoms with Crippen LogP contribution in [0.5, 0.6) is 0 Å². The summed E-state index contributed by atoms with van der Waals surface area (Å²) in [6.45, 7) is 5.79. The summed E-state index contributed by atoms with van der Waals surface area (Å²) in [7, 11) is 0. The van der Waals surface area contributed by atoms with Gasteiger partial charge in [0.1, 0.15) is 5.54 Å². The first kappa shape index (κ1) is 12.7. The first-order valence-electron chi connectivity index (χ1n) is 6.16. The fraction of sp³-hybridized carbons (Fsp3) is 0.833. The van der Waals surface area contributed by atoms with Gasteiger partial charge in [-0.25, -0.2) is 0 Å². The topological polar surface area (TPSA) is 49.4 Å². The highest BCUT2D eigenvalue weighted by Gasteiger charge is 2.50. The number of carbonyl (C=O) groups excluding carboxylic acids is 2. The Kier molecular flexibility index (Phi) is 3.39. The van der Waals surface area contributed by atoms with Crippen LogP contribution in [0.4, 0.5) is 0 Å². The van der Waals surface area contributed by atoms with Gasteiger partial charge in [0.05, 0.1) is 5.75 Å². The lowest BCUT2D eigenvalue weighted by molar-refractivity contribution is -0.145. The van der Waals surface area contributed by atoms with E-state index in [1.807, 2.05) is 25.7 Å². The zero-order valence-corrected chi connectivity index (χ0v) is 11.5. The Balaban J connectivity index is 2.18. The van der Waals surface area contributed by atoms with Crippen LogP contribution in [0.3, 0.4) is 0 Å². The van der Waals surface area contributed by atoms with Crippen molar-refractivity contribution < 1.29 is 9.59 Å². The Bertz CT molecular complexity index is 341. The summed E-state index contributed by atoms with van der Waals surface area (Å²) in [6, 6.07) is 0.411. The van der Waals surface area contributed by atoms with Crippen LogP contribution in [-0.2, 0) is 9.59 Å². The molecule has 2 amide bonds. The summed E-state index contributed by atoms with van der Waals surface area (Å²) >= 11 is 1.56. The lowest BCUT2D eigenvalue weighted by atomic mass is 9.99. The first-order chi connectivity index (χ1) is 7.95. The molecule has 1 saturated heterocycles. The third-order valence-corrected chi connectivity index (χ3v) is 4.45. The minimum atomic E-state index is -0.661. The molecule has 96 valence electrons. The summed E-state index contributed by atoms with van der Waals surface area (Å²) in [4.78, 5) is 26.1. The molecule has 5 heteroatoms. The number of amides is 2. The molecule has 0 spiro atoms. The van der Waals surface area contributed by atoms with Crippen LogP contribution in [0.15, 0.2) is 0 Å². The van der Waals surface area contributed by atoms with Gasteiger partial charge in [0, 0.05) is 17.8 Å². The number of nitrogens with zero attached hydrogens (tertiary/aromatic N) is 1. The standard InChI is InChI=1S/C12H20N2O2S/c1-8(2)13-11(16)12(3)7-17-6-10(15)14(12)9-4-5-9/h8-9H,4-7H2,1-3H3,(H,13,16). The Labute approximate surface area is 106 Å². The Hall–Kier alpha value is -0.710. The molecular weight excluding hydrogens is 236 g/mol. The maximum atomic E-state index is 12.3. The molecule has 4 nitrogen and oxygen atoms in total. The van der Waals surface area contributed by atoms with Gasteiger partial charge in [-0.3, -0.25) is 9.59 Å². The van der Waals surface area contributed by atoms with E-state index in [9.17, 15) is 9.59 Å². The third kappa shape index (κ3) is 2.44. The molecule has 1 aliphatic heterocycles. The lowest BCUT2D eigenvalue weighted by Gasteiger charge is -2.43. The highest BCUT2D eigenvalue weighted by molar-refractivity contribution is 8.00. The van der Waals surface area contributed by atoms with Gasteiger partial charge in [0.15, 0.2) is 0 Å². The number of nitrogens with one attached hydrogen (secondary N) is 1. The molecule has 17 heavy (non-hydrogen) atoms. The van der Waals surface area contributed by atoms with E-state index in [4.69, 9.17) is 0 Å². The number of carbonyl (C=O) groups is 2. The van der Waals surface area contributed by atoms with E-state index in [1.54, 1.807) is 11.8 Å². The molecule has 1 N–H and O–H groups in total. The Morgan fingerprint density at radius 3 is 2.71 bits per heavy atom. The zero-order chi connectivity index (χ0) is 12.6. The fourth-order valence-electron chi connectivity index (χ4n) is 2.28. The monoisotopic (exact) mass is 256 g/mol. The maximum absolute atomic E-state index is 12.3. The fourth-order valence-corrected chi connectivity index (χ4v) is 3.37. The summed E-state index contributed by atoms with van der Waals surface area (Å²) < 4.78 is 0. The number of hydrogen-bond acceptors (Lipinski definition) is 3. The summed E-state index contributed by atoms with van der Waals surface area (Å²) in [5.41, 5.74) is -0.661. The maximum Gasteiger partial charge on any atom is 0.246 e. The molecule has 1 aliphatic carbocycles. The smallest absolute Gasteiger partial charge is 0.246 e. The van der Waals surface area contributed by atoms with Crippen LogP contribution in [-0.4, -0.2) is 45.8 Å². The third-order valence-electron chi connectivity index (χ3n) is 3.23. The molecule has 2 fully saturated rings. The molecule has 1 heterocycles. The van der Waals surface area contributed by atoms with Crippen LogP contribution in [0.2, 0.25) is 0 Å². The number of rotatable bonds is 3. The molecule has 2 aliphatic rings. The molecule has 1 unspecified atom stereocenters. The van der Waals surface area contributed by atoms with E-state index in [0.29, 0.717) is 17.5 Å². The quantitative estimate of drug-likeness (QED) is 0.820. The largest absolute Gasteiger partial charge is 0.352 e. The normalized spacial score (nSPS) is 29.6. The van der Waals surface area contributed by atoms with Crippen molar-refractivity contribution in [2.24, 2.45) is 0 Å². The van der Waals surface area contributed by atoms with Crippen molar-refractivity contribution >= 4 is 23.6 Å². The van der Waals surface area contributed by atoms with Crippen LogP contribution in [0, 0.1) is 0 Å². The molecule has 0 radical (unpaired) electrons. The summed E-state index contributed by atoms with van der Waals surface area (Å²) in [5.74, 6) is 1.32. The van der Waals surface area contributed by atoms with Crippen molar-refractivity contribution in [3.63, 3.8) is 0 Å². The average molecular weight is 256 g/mol. The predicted molar refractivity (Wildman–Crippen MR) is 68.9 cm³/mol. The first-order valence-corrected chi connectivity index (χ1v) is 7.31. The van der Waals surface area contributed by atoms with Gasteiger partial charge in [0.25, 0.3) is 0 Å². The van der Waals surface area contributed by atoms with Gasteiger partial charge in [-0.1, -0.05) is 0 Å². The Morgan fingerprint density at radius 1 is 1.53 bits per heavy atom. The second kappa shape index (κ2) is 4.52. The van der Waals surface area contributed by atoms with Crippen molar-refractivity contribution in [1.29, 1.82) is 0 Å². The molecule has 1 saturated carbocycles. The summed E-state index contributed by atoms with van der Waals surface area (Å²) in [6.07, 6.45) is 2.09. The van der Waals surface area contributed by atoms with Gasteiger partial charge in [0.2, 0.25) is 11.8 Å². The van der Waals surface area contributed by atoms with Gasteiger partial charge in [-0.15, -0.1) is 11.8 Å². The van der Waals surface area contributed by atoms with Crippen LogP contribution in [0.1, 0.15) is 33.6 Å². The van der Waals surface area contributed by atoms with Gasteiger partial charge < -0.3 is 10.2 Å². The predicted octanol–water partition coefficient (Wildman–Crippen LogP) is 1.01. The van der Waals surface area contributed by atoms with Crippen LogP contribution < -0.4 is 5.32 Å². The van der Waals surface area contributed by atoms with E-state index in [-0.39, 0.29) is 17.9 Å². The van der Waals surface area contributed by atoms with Gasteiger partial charge >= 0.3 is 0 Å². The second-order valence-electron chi connectivity index (χ2n) is 5.39. The van der Waals surface area contributed by atoms with E-state index < -0.39 is 5.54 Å². The molecule has 0 aromatic rings. The molecular formula is C12H20N2O2S. The van der Waals surface area contributed by atoms with Crippen molar-refractivity contribution in [1.82, 2.24) is 10.2 Å². The lowest BCUT2D eigenvalue weighted by Crippen LogP contribution is -2.64. The number of thioether (sulfide) groups is 1. The minimum absolute atomic E-state index is 0.0139. The van der Waals surface area contributed by atoms with E-state index in [0.717, 1.165) is 12.8 Å². The van der Waals surface area contributed by atoms with Crippen LogP contribution >= 0.6 is 11.8 Å². The van der Waals surface area contributed by atoms with Crippen LogP contribution in [0.25, 0.3) is 0 Å². The van der Waals surface area contributed by atoms with E-state index >= 15 is 0 Å². The molecule has 1 atom stereocenters.